The van der Waals surface area contributed by atoms with Crippen molar-refractivity contribution in [1.29, 1.82) is 0 Å². The average molecular weight is 310 g/mol. The van der Waals surface area contributed by atoms with Crippen molar-refractivity contribution in [2.24, 2.45) is 7.05 Å². The van der Waals surface area contributed by atoms with Crippen LogP contribution in [0.4, 0.5) is 5.69 Å². The minimum atomic E-state index is -1.17. The van der Waals surface area contributed by atoms with Gasteiger partial charge in [-0.3, -0.25) is 4.79 Å². The number of anilines is 1. The molecular formula is C13H12ClN3O4. The highest BCUT2D eigenvalue weighted by Crippen LogP contribution is 2.31. The zero-order chi connectivity index (χ0) is 15.6. The van der Waals surface area contributed by atoms with E-state index in [1.165, 1.54) is 25.6 Å². The number of imidazole rings is 1. The highest BCUT2D eigenvalue weighted by molar-refractivity contribution is 6.34. The number of halogens is 1. The lowest BCUT2D eigenvalue weighted by Gasteiger charge is -2.10. The molecule has 2 aromatic rings. The molecule has 1 heterocycles. The summed E-state index contributed by atoms with van der Waals surface area (Å²) < 4.78 is 6.61. The smallest absolute Gasteiger partial charge is 0.339 e. The summed E-state index contributed by atoms with van der Waals surface area (Å²) in [5.41, 5.74) is 0.377. The van der Waals surface area contributed by atoms with E-state index in [4.69, 9.17) is 21.4 Å². The fraction of sp³-hybridized carbons (Fsp3) is 0.154. The zero-order valence-corrected chi connectivity index (χ0v) is 12.0. The van der Waals surface area contributed by atoms with Gasteiger partial charge in [0.15, 0.2) is 0 Å². The van der Waals surface area contributed by atoms with Crippen LogP contribution in [0.15, 0.2) is 24.7 Å². The number of aromatic nitrogens is 2. The molecule has 2 rings (SSSR count). The molecule has 1 aromatic carbocycles. The number of carboxylic acids is 1. The van der Waals surface area contributed by atoms with E-state index in [0.717, 1.165) is 0 Å². The Balaban J connectivity index is 2.32. The monoisotopic (exact) mass is 309 g/mol. The van der Waals surface area contributed by atoms with Gasteiger partial charge in [0.1, 0.15) is 17.0 Å². The number of amides is 1. The predicted octanol–water partition coefficient (Wildman–Crippen LogP) is 2.03. The second-order valence-corrected chi connectivity index (χ2v) is 4.62. The number of hydrogen-bond donors (Lipinski definition) is 2. The van der Waals surface area contributed by atoms with Crippen LogP contribution in [0.2, 0.25) is 5.02 Å². The number of rotatable bonds is 4. The summed E-state index contributed by atoms with van der Waals surface area (Å²) >= 11 is 5.98. The molecule has 1 amide bonds. The number of carboxylic acid groups (broad SMARTS) is 1. The number of carbonyl (C=O) groups excluding carboxylic acids is 1. The third-order valence-corrected chi connectivity index (χ3v) is 3.02. The number of aryl methyl sites for hydroxylation is 1. The van der Waals surface area contributed by atoms with Crippen molar-refractivity contribution in [1.82, 2.24) is 9.55 Å². The molecule has 110 valence electrons. The van der Waals surface area contributed by atoms with Crippen molar-refractivity contribution in [2.75, 3.05) is 12.4 Å². The van der Waals surface area contributed by atoms with Crippen LogP contribution in [0.3, 0.4) is 0 Å². The van der Waals surface area contributed by atoms with Gasteiger partial charge in [-0.2, -0.15) is 0 Å². The van der Waals surface area contributed by atoms with Crippen LogP contribution in [0.5, 0.6) is 5.75 Å². The van der Waals surface area contributed by atoms with E-state index in [0.29, 0.717) is 0 Å². The van der Waals surface area contributed by atoms with Crippen LogP contribution in [-0.2, 0) is 7.05 Å². The van der Waals surface area contributed by atoms with Crippen LogP contribution in [-0.4, -0.2) is 33.6 Å². The number of methoxy groups -OCH3 is 1. The molecular weight excluding hydrogens is 298 g/mol. The number of hydrogen-bond acceptors (Lipinski definition) is 4. The molecule has 0 spiro atoms. The maximum Gasteiger partial charge on any atom is 0.339 e. The van der Waals surface area contributed by atoms with Crippen molar-refractivity contribution >= 4 is 29.2 Å². The SMILES string of the molecule is COc1cc(NC(=O)c2cn(C)cn2)c(Cl)cc1C(=O)O. The Bertz CT molecular complexity index is 711. The predicted molar refractivity (Wildman–Crippen MR) is 76.1 cm³/mol. The third kappa shape index (κ3) is 3.14. The first-order chi connectivity index (χ1) is 9.92. The minimum absolute atomic E-state index is 0.0849. The molecule has 21 heavy (non-hydrogen) atoms. The van der Waals surface area contributed by atoms with Gasteiger partial charge >= 0.3 is 5.97 Å². The lowest BCUT2D eigenvalue weighted by atomic mass is 10.1. The lowest BCUT2D eigenvalue weighted by Crippen LogP contribution is -2.13. The molecule has 1 aromatic heterocycles. The molecule has 0 saturated heterocycles. The molecule has 0 aliphatic carbocycles. The Morgan fingerprint density at radius 3 is 2.67 bits per heavy atom. The first kappa shape index (κ1) is 14.9. The Kier molecular flexibility index (Phi) is 4.13. The van der Waals surface area contributed by atoms with Crippen LogP contribution >= 0.6 is 11.6 Å². The van der Waals surface area contributed by atoms with E-state index in [9.17, 15) is 9.59 Å². The van der Waals surface area contributed by atoms with Gasteiger partial charge in [0.05, 0.1) is 24.1 Å². The number of nitrogens with zero attached hydrogens (tertiary/aromatic N) is 2. The van der Waals surface area contributed by atoms with Crippen LogP contribution in [0.25, 0.3) is 0 Å². The second-order valence-electron chi connectivity index (χ2n) is 4.22. The summed E-state index contributed by atoms with van der Waals surface area (Å²) in [6.07, 6.45) is 3.04. The van der Waals surface area contributed by atoms with Crippen molar-refractivity contribution < 1.29 is 19.4 Å². The molecule has 0 bridgehead atoms. The summed E-state index contributed by atoms with van der Waals surface area (Å²) in [4.78, 5) is 27.0. The van der Waals surface area contributed by atoms with E-state index in [1.54, 1.807) is 17.8 Å². The molecule has 7 nitrogen and oxygen atoms in total. The van der Waals surface area contributed by atoms with Gasteiger partial charge in [-0.05, 0) is 6.07 Å². The number of aromatic carboxylic acids is 1. The van der Waals surface area contributed by atoms with Gasteiger partial charge in [0.2, 0.25) is 0 Å². The molecule has 0 aliphatic heterocycles. The first-order valence-electron chi connectivity index (χ1n) is 5.82. The molecule has 0 atom stereocenters. The Hall–Kier alpha value is -2.54. The van der Waals surface area contributed by atoms with Crippen LogP contribution in [0.1, 0.15) is 20.8 Å². The highest BCUT2D eigenvalue weighted by Gasteiger charge is 2.17. The molecule has 0 fully saturated rings. The van der Waals surface area contributed by atoms with Crippen LogP contribution in [0, 0.1) is 0 Å². The van der Waals surface area contributed by atoms with Gasteiger partial charge in [0.25, 0.3) is 5.91 Å². The molecule has 0 radical (unpaired) electrons. The normalized spacial score (nSPS) is 10.2. The summed E-state index contributed by atoms with van der Waals surface area (Å²) in [5, 5.41) is 11.7. The second kappa shape index (κ2) is 5.84. The largest absolute Gasteiger partial charge is 0.496 e. The summed E-state index contributed by atoms with van der Waals surface area (Å²) in [7, 11) is 3.07. The number of benzene rings is 1. The fourth-order valence-electron chi connectivity index (χ4n) is 1.70. The Morgan fingerprint density at radius 2 is 2.14 bits per heavy atom. The van der Waals surface area contributed by atoms with E-state index in [-0.39, 0.29) is 27.7 Å². The Labute approximate surface area is 125 Å². The summed E-state index contributed by atoms with van der Waals surface area (Å²) in [6, 6.07) is 2.57. The van der Waals surface area contributed by atoms with Gasteiger partial charge in [-0.15, -0.1) is 0 Å². The van der Waals surface area contributed by atoms with E-state index in [2.05, 4.69) is 10.3 Å². The van der Waals surface area contributed by atoms with Crippen molar-refractivity contribution in [2.45, 2.75) is 0 Å². The fourth-order valence-corrected chi connectivity index (χ4v) is 1.91. The zero-order valence-electron chi connectivity index (χ0n) is 11.3. The van der Waals surface area contributed by atoms with E-state index >= 15 is 0 Å². The topological polar surface area (TPSA) is 93.5 Å². The highest BCUT2D eigenvalue weighted by atomic mass is 35.5. The molecule has 8 heteroatoms. The van der Waals surface area contributed by atoms with Gasteiger partial charge in [-0.25, -0.2) is 9.78 Å². The quantitative estimate of drug-likeness (QED) is 0.901. The van der Waals surface area contributed by atoms with Gasteiger partial charge < -0.3 is 19.7 Å². The van der Waals surface area contributed by atoms with Crippen LogP contribution < -0.4 is 10.1 Å². The number of carbonyl (C=O) groups is 2. The van der Waals surface area contributed by atoms with Crippen molar-refractivity contribution in [3.8, 4) is 5.75 Å². The van der Waals surface area contributed by atoms with E-state index < -0.39 is 11.9 Å². The Morgan fingerprint density at radius 1 is 1.43 bits per heavy atom. The maximum atomic E-state index is 12.0. The molecule has 2 N–H and O–H groups in total. The van der Waals surface area contributed by atoms with Gasteiger partial charge in [-0.1, -0.05) is 11.6 Å². The van der Waals surface area contributed by atoms with Gasteiger partial charge in [0, 0.05) is 19.3 Å². The molecule has 0 saturated carbocycles. The number of ether oxygens (including phenoxy) is 1. The lowest BCUT2D eigenvalue weighted by molar-refractivity contribution is 0.0693. The minimum Gasteiger partial charge on any atom is -0.496 e. The standard InChI is InChI=1S/C13H12ClN3O4/c1-17-5-10(15-6-17)12(18)16-9-4-11(21-2)7(13(19)20)3-8(9)14/h3-6H,1-2H3,(H,16,18)(H,19,20). The number of nitrogens with one attached hydrogen (secondary N) is 1. The average Bonchev–Trinajstić information content (AvgIpc) is 2.87. The third-order valence-electron chi connectivity index (χ3n) is 2.71. The van der Waals surface area contributed by atoms with E-state index in [1.807, 2.05) is 0 Å². The first-order valence-corrected chi connectivity index (χ1v) is 6.20. The molecule has 0 unspecified atom stereocenters. The summed E-state index contributed by atoms with van der Waals surface area (Å²) in [6.45, 7) is 0. The molecule has 0 aliphatic rings. The summed E-state index contributed by atoms with van der Waals surface area (Å²) in [5.74, 6) is -1.53. The van der Waals surface area contributed by atoms with Crippen molar-refractivity contribution in [3.05, 3.63) is 40.9 Å². The maximum absolute atomic E-state index is 12.0. The van der Waals surface area contributed by atoms with Crippen molar-refractivity contribution in [3.63, 3.8) is 0 Å².